The van der Waals surface area contributed by atoms with E-state index in [1.165, 1.54) is 12.1 Å². The van der Waals surface area contributed by atoms with E-state index in [4.69, 9.17) is 4.84 Å². The minimum Gasteiger partial charge on any atom is -0.322 e. The summed E-state index contributed by atoms with van der Waals surface area (Å²) >= 11 is 0. The largest absolute Gasteiger partial charge is 0.385 e. The van der Waals surface area contributed by atoms with Gasteiger partial charge in [0.05, 0.1) is 16.8 Å². The van der Waals surface area contributed by atoms with E-state index in [0.717, 1.165) is 0 Å². The Morgan fingerprint density at radius 2 is 1.74 bits per heavy atom. The zero-order chi connectivity index (χ0) is 16.6. The van der Waals surface area contributed by atoms with Crippen LogP contribution in [0.25, 0.3) is 0 Å². The summed E-state index contributed by atoms with van der Waals surface area (Å²) in [6, 6.07) is 6.29. The second-order valence-electron chi connectivity index (χ2n) is 4.88. The van der Waals surface area contributed by atoms with Gasteiger partial charge >= 0.3 is 5.97 Å². The normalized spacial score (nSPS) is 13.4. The highest BCUT2D eigenvalue weighted by atomic mass is 16.7. The van der Waals surface area contributed by atoms with Crippen molar-refractivity contribution in [3.63, 3.8) is 0 Å². The van der Waals surface area contributed by atoms with Crippen LogP contribution in [0.5, 0.6) is 0 Å². The van der Waals surface area contributed by atoms with Gasteiger partial charge in [-0.1, -0.05) is 29.3 Å². The van der Waals surface area contributed by atoms with E-state index in [1.54, 1.807) is 16.8 Å². The molecule has 1 aromatic heterocycles. The molecule has 0 radical (unpaired) electrons. The number of nitrogens with zero attached hydrogens (tertiary/aromatic N) is 4. The minimum absolute atomic E-state index is 0.00547. The summed E-state index contributed by atoms with van der Waals surface area (Å²) in [6.45, 7) is 4.27. The average molecular weight is 314 g/mol. The van der Waals surface area contributed by atoms with Gasteiger partial charge in [-0.15, -0.1) is 5.10 Å². The third-order valence-corrected chi connectivity index (χ3v) is 3.60. The van der Waals surface area contributed by atoms with Crippen LogP contribution in [0.2, 0.25) is 0 Å². The number of aryl methyl sites for hydroxylation is 1. The smallest absolute Gasteiger partial charge is 0.322 e. The summed E-state index contributed by atoms with van der Waals surface area (Å²) in [5.74, 6) is -2.21. The fourth-order valence-electron chi connectivity index (χ4n) is 2.47. The predicted octanol–water partition coefficient (Wildman–Crippen LogP) is 1.23. The molecule has 0 saturated carbocycles. The number of benzene rings is 1. The predicted molar refractivity (Wildman–Crippen MR) is 77.4 cm³/mol. The van der Waals surface area contributed by atoms with E-state index in [9.17, 15) is 14.4 Å². The monoisotopic (exact) mass is 314 g/mol. The van der Waals surface area contributed by atoms with Crippen LogP contribution in [0.4, 0.5) is 0 Å². The molecular formula is C15H14N4O4. The van der Waals surface area contributed by atoms with Crippen LogP contribution in [-0.2, 0) is 17.8 Å². The summed E-state index contributed by atoms with van der Waals surface area (Å²) in [5, 5.41) is 8.11. The summed E-state index contributed by atoms with van der Waals surface area (Å²) < 4.78 is 1.57. The van der Waals surface area contributed by atoms with Crippen molar-refractivity contribution in [2.45, 2.75) is 26.8 Å². The highest BCUT2D eigenvalue weighted by molar-refractivity contribution is 6.21. The molecule has 1 aliphatic rings. The molecule has 0 aliphatic carbocycles. The number of fused-ring (bicyclic) bond motifs is 1. The van der Waals surface area contributed by atoms with Crippen molar-refractivity contribution in [1.82, 2.24) is 20.1 Å². The van der Waals surface area contributed by atoms with Gasteiger partial charge in [0.2, 0.25) is 0 Å². The number of hydroxylamine groups is 2. The maximum absolute atomic E-state index is 12.3. The lowest BCUT2D eigenvalue weighted by atomic mass is 10.1. The molecule has 8 heteroatoms. The Balaban J connectivity index is 1.86. The number of aromatic nitrogens is 3. The van der Waals surface area contributed by atoms with Gasteiger partial charge in [-0.25, -0.2) is 9.48 Å². The van der Waals surface area contributed by atoms with E-state index in [2.05, 4.69) is 10.3 Å². The van der Waals surface area contributed by atoms with Crippen molar-refractivity contribution in [3.05, 3.63) is 46.8 Å². The Hall–Kier alpha value is -3.03. The zero-order valence-electron chi connectivity index (χ0n) is 12.6. The lowest BCUT2D eigenvalue weighted by Crippen LogP contribution is -2.33. The van der Waals surface area contributed by atoms with Crippen molar-refractivity contribution in [2.75, 3.05) is 0 Å². The average Bonchev–Trinajstić information content (AvgIpc) is 3.10. The molecule has 1 aliphatic heterocycles. The Morgan fingerprint density at radius 1 is 1.13 bits per heavy atom. The summed E-state index contributed by atoms with van der Waals surface area (Å²) in [7, 11) is 0. The number of carbonyl (C=O) groups excluding carboxylic acids is 3. The van der Waals surface area contributed by atoms with Crippen LogP contribution in [0.1, 0.15) is 50.7 Å². The van der Waals surface area contributed by atoms with E-state index >= 15 is 0 Å². The summed E-state index contributed by atoms with van der Waals surface area (Å²) in [4.78, 5) is 41.6. The molecule has 2 heterocycles. The highest BCUT2D eigenvalue weighted by Crippen LogP contribution is 2.23. The highest BCUT2D eigenvalue weighted by Gasteiger charge is 2.39. The van der Waals surface area contributed by atoms with Crippen molar-refractivity contribution < 1.29 is 19.2 Å². The third kappa shape index (κ3) is 2.28. The topological polar surface area (TPSA) is 94.4 Å². The first-order chi connectivity index (χ1) is 11.1. The zero-order valence-corrected chi connectivity index (χ0v) is 12.6. The summed E-state index contributed by atoms with van der Waals surface area (Å²) in [5.41, 5.74) is 1.01. The molecular weight excluding hydrogens is 300 g/mol. The molecule has 1 aromatic carbocycles. The second-order valence-corrected chi connectivity index (χ2v) is 4.88. The van der Waals surface area contributed by atoms with E-state index < -0.39 is 17.8 Å². The standard InChI is InChI=1S/C15H14N4O4/c1-3-11-12(16-17-18(11)4-2)15(22)23-19-13(20)9-7-5-6-8-10(9)14(19)21/h5-8H,3-4H2,1-2H3. The van der Waals surface area contributed by atoms with Gasteiger partial charge in [0, 0.05) is 6.54 Å². The van der Waals surface area contributed by atoms with Gasteiger partial charge in [0.15, 0.2) is 5.69 Å². The van der Waals surface area contributed by atoms with Crippen molar-refractivity contribution in [2.24, 2.45) is 0 Å². The van der Waals surface area contributed by atoms with Gasteiger partial charge in [-0.3, -0.25) is 9.59 Å². The fraction of sp³-hybridized carbons (Fsp3) is 0.267. The molecule has 0 N–H and O–H groups in total. The fourth-order valence-corrected chi connectivity index (χ4v) is 2.47. The van der Waals surface area contributed by atoms with Gasteiger partial charge in [-0.05, 0) is 25.5 Å². The number of carbonyl (C=O) groups is 3. The molecule has 0 unspecified atom stereocenters. The Bertz CT molecular complexity index is 777. The second kappa shape index (κ2) is 5.64. The molecule has 118 valence electrons. The van der Waals surface area contributed by atoms with Gasteiger partial charge < -0.3 is 4.84 Å². The molecule has 2 aromatic rings. The maximum atomic E-state index is 12.3. The number of amides is 2. The molecule has 0 spiro atoms. The lowest BCUT2D eigenvalue weighted by Gasteiger charge is -2.12. The van der Waals surface area contributed by atoms with Gasteiger partial charge in [0.1, 0.15) is 0 Å². The Morgan fingerprint density at radius 3 is 2.26 bits per heavy atom. The SMILES string of the molecule is CCc1c(C(=O)ON2C(=O)c3ccccc3C2=O)nnn1CC. The van der Waals surface area contributed by atoms with E-state index in [1.807, 2.05) is 13.8 Å². The first kappa shape index (κ1) is 14.9. The van der Waals surface area contributed by atoms with E-state index in [0.29, 0.717) is 23.7 Å². The Labute approximate surface area is 131 Å². The summed E-state index contributed by atoms with van der Waals surface area (Å²) in [6.07, 6.45) is 0.521. The Kier molecular flexibility index (Phi) is 3.65. The molecule has 3 rings (SSSR count). The van der Waals surface area contributed by atoms with Crippen molar-refractivity contribution in [1.29, 1.82) is 0 Å². The van der Waals surface area contributed by atoms with Gasteiger partial charge in [0.25, 0.3) is 11.8 Å². The minimum atomic E-state index is -0.879. The van der Waals surface area contributed by atoms with Gasteiger partial charge in [-0.2, -0.15) is 0 Å². The molecule has 0 bridgehead atoms. The quantitative estimate of drug-likeness (QED) is 0.788. The molecule has 23 heavy (non-hydrogen) atoms. The van der Waals surface area contributed by atoms with Crippen LogP contribution in [0.15, 0.2) is 24.3 Å². The number of rotatable bonds is 4. The van der Waals surface area contributed by atoms with E-state index in [-0.39, 0.29) is 16.8 Å². The first-order valence-electron chi connectivity index (χ1n) is 7.20. The molecule has 0 fully saturated rings. The van der Waals surface area contributed by atoms with Crippen LogP contribution in [-0.4, -0.2) is 37.8 Å². The van der Waals surface area contributed by atoms with Crippen LogP contribution in [0.3, 0.4) is 0 Å². The number of hydrogen-bond acceptors (Lipinski definition) is 6. The molecule has 0 saturated heterocycles. The first-order valence-corrected chi connectivity index (χ1v) is 7.20. The van der Waals surface area contributed by atoms with Crippen LogP contribution >= 0.6 is 0 Å². The third-order valence-electron chi connectivity index (χ3n) is 3.60. The number of hydrogen-bond donors (Lipinski definition) is 0. The van der Waals surface area contributed by atoms with Crippen LogP contribution < -0.4 is 0 Å². The van der Waals surface area contributed by atoms with Crippen LogP contribution in [0, 0.1) is 0 Å². The molecule has 0 atom stereocenters. The molecule has 8 nitrogen and oxygen atoms in total. The lowest BCUT2D eigenvalue weighted by molar-refractivity contribution is -0.0589. The molecule has 2 amide bonds. The van der Waals surface area contributed by atoms with Crippen molar-refractivity contribution in [3.8, 4) is 0 Å². The number of imide groups is 1. The van der Waals surface area contributed by atoms with Crippen molar-refractivity contribution >= 4 is 17.8 Å². The maximum Gasteiger partial charge on any atom is 0.385 e.